The number of hydroxylamine groups is 1. The summed E-state index contributed by atoms with van der Waals surface area (Å²) in [5.41, 5.74) is 5.77. The summed E-state index contributed by atoms with van der Waals surface area (Å²) in [4.78, 5) is 25.6. The molecule has 10 heteroatoms. The number of likely N-dealkylation sites (N-methyl/N-ethyl adjacent to an activating group) is 1. The van der Waals surface area contributed by atoms with Crippen molar-refractivity contribution in [1.29, 1.82) is 0 Å². The van der Waals surface area contributed by atoms with E-state index < -0.39 is 18.3 Å². The van der Waals surface area contributed by atoms with Gasteiger partial charge in [0.1, 0.15) is 0 Å². The van der Waals surface area contributed by atoms with Gasteiger partial charge in [-0.2, -0.15) is 0 Å². The van der Waals surface area contributed by atoms with Gasteiger partial charge in [-0.3, -0.25) is 19.7 Å². The maximum atomic E-state index is 12.4. The van der Waals surface area contributed by atoms with Gasteiger partial charge in [-0.05, 0) is 55.6 Å². The van der Waals surface area contributed by atoms with Crippen LogP contribution >= 0.6 is 0 Å². The molecule has 242 valence electrons. The first-order chi connectivity index (χ1) is 21.8. The lowest BCUT2D eigenvalue weighted by molar-refractivity contribution is -0.253. The minimum absolute atomic E-state index is 0.0289. The number of unbranched alkanes of at least 4 members (excludes halogenated alkanes) is 2. The van der Waals surface area contributed by atoms with Gasteiger partial charge in [0, 0.05) is 43.1 Å². The average Bonchev–Trinajstić information content (AvgIpc) is 3.07. The number of hydrogen-bond donors (Lipinski definition) is 5. The fraction of sp³-hybridized carbons (Fsp3) is 0.429. The normalized spacial score (nSPS) is 19.6. The Kier molecular flexibility index (Phi) is 13.1. The van der Waals surface area contributed by atoms with Crippen molar-refractivity contribution in [2.24, 2.45) is 0 Å². The highest BCUT2D eigenvalue weighted by Gasteiger charge is 2.34. The average molecular weight is 620 g/mol. The quantitative estimate of drug-likeness (QED) is 0.0892. The van der Waals surface area contributed by atoms with Crippen LogP contribution in [0.4, 0.5) is 5.69 Å². The van der Waals surface area contributed by atoms with Crippen LogP contribution < -0.4 is 10.8 Å². The van der Waals surface area contributed by atoms with E-state index in [2.05, 4.69) is 10.2 Å². The summed E-state index contributed by atoms with van der Waals surface area (Å²) in [7, 11) is 1.99. The summed E-state index contributed by atoms with van der Waals surface area (Å²) in [6.07, 6.45) is 1.41. The van der Waals surface area contributed by atoms with E-state index in [-0.39, 0.29) is 37.2 Å². The zero-order valence-electron chi connectivity index (χ0n) is 26.0. The van der Waals surface area contributed by atoms with Crippen LogP contribution in [-0.2, 0) is 25.7 Å². The van der Waals surface area contributed by atoms with Gasteiger partial charge in [0.2, 0.25) is 11.8 Å². The topological polar surface area (TPSA) is 141 Å². The van der Waals surface area contributed by atoms with E-state index >= 15 is 0 Å². The number of carbonyl (C=O) groups is 2. The molecule has 45 heavy (non-hydrogen) atoms. The predicted octanol–water partition coefficient (Wildman–Crippen LogP) is 5.17. The number of hydrogen-bond acceptors (Lipinski definition) is 8. The third kappa shape index (κ3) is 10.2. The van der Waals surface area contributed by atoms with Crippen LogP contribution in [0.5, 0.6) is 0 Å². The van der Waals surface area contributed by atoms with Crippen molar-refractivity contribution in [2.75, 3.05) is 18.9 Å². The Hall–Kier alpha value is -3.64. The number of benzene rings is 3. The van der Waals surface area contributed by atoms with Crippen molar-refractivity contribution < 1.29 is 34.5 Å². The van der Waals surface area contributed by atoms with Crippen molar-refractivity contribution in [1.82, 2.24) is 10.4 Å². The Morgan fingerprint density at radius 1 is 0.889 bits per heavy atom. The highest BCUT2D eigenvalue weighted by Crippen LogP contribution is 2.38. The van der Waals surface area contributed by atoms with E-state index in [1.165, 1.54) is 0 Å². The molecule has 3 aromatic rings. The molecular weight excluding hydrogens is 574 g/mol. The van der Waals surface area contributed by atoms with E-state index in [4.69, 9.17) is 14.7 Å². The van der Waals surface area contributed by atoms with E-state index in [9.17, 15) is 19.8 Å². The number of nitrogens with zero attached hydrogens (tertiary/aromatic N) is 1. The number of anilines is 1. The first kappa shape index (κ1) is 34.2. The molecule has 0 aliphatic carbocycles. The standard InChI is InChI=1S/C35H45N3O7/c1-24(34(42)27-9-5-3-6-10-27)38(2)22-30-21-31(26-15-13-25(23-39)14-16-26)45-35(44-30)28-17-19-29(20-18-28)36-32(40)11-7-4-8-12-33(41)37-43/h3,5-6,9-10,13-20,24,30-31,34-35,39,42-43H,4,7-8,11-12,21-23H2,1-2H3,(H,36,40)(H,37,41)/t24-,30+,31-,34-,35-/m0/s1. The third-order valence-corrected chi connectivity index (χ3v) is 8.30. The molecule has 5 atom stereocenters. The van der Waals surface area contributed by atoms with Crippen molar-refractivity contribution in [3.05, 3.63) is 101 Å². The fourth-order valence-corrected chi connectivity index (χ4v) is 5.44. The van der Waals surface area contributed by atoms with E-state index in [1.54, 1.807) is 5.48 Å². The number of rotatable bonds is 15. The second kappa shape index (κ2) is 17.2. The molecule has 1 fully saturated rings. The van der Waals surface area contributed by atoms with Crippen LogP contribution in [0.1, 0.15) is 86.2 Å². The SMILES string of the molecule is C[C@@H]([C@H](O)c1ccccc1)N(C)C[C@H]1C[C@@H](c2ccc(CO)cc2)O[C@@H](c2ccc(NC(=O)CCCCCC(=O)NO)cc2)O1. The molecular formula is C35H45N3O7. The van der Waals surface area contributed by atoms with Crippen LogP contribution in [0, 0.1) is 0 Å². The summed E-state index contributed by atoms with van der Waals surface area (Å²) in [5, 5.41) is 32.0. The molecule has 3 aromatic carbocycles. The maximum absolute atomic E-state index is 12.4. The Bertz CT molecular complexity index is 1340. The number of aliphatic hydroxyl groups is 2. The first-order valence-electron chi connectivity index (χ1n) is 15.5. The molecule has 1 heterocycles. The minimum Gasteiger partial charge on any atom is -0.392 e. The van der Waals surface area contributed by atoms with Gasteiger partial charge in [-0.1, -0.05) is 73.2 Å². The van der Waals surface area contributed by atoms with Gasteiger partial charge in [-0.15, -0.1) is 0 Å². The smallest absolute Gasteiger partial charge is 0.243 e. The molecule has 2 amide bonds. The molecule has 1 saturated heterocycles. The second-order valence-corrected chi connectivity index (χ2v) is 11.7. The number of nitrogens with one attached hydrogen (secondary N) is 2. The number of amides is 2. The van der Waals surface area contributed by atoms with Crippen molar-refractivity contribution in [3.8, 4) is 0 Å². The van der Waals surface area contributed by atoms with Crippen LogP contribution in [0.15, 0.2) is 78.9 Å². The summed E-state index contributed by atoms with van der Waals surface area (Å²) in [6.45, 7) is 2.55. The predicted molar refractivity (Wildman–Crippen MR) is 170 cm³/mol. The number of carbonyl (C=O) groups excluding carboxylic acids is 2. The second-order valence-electron chi connectivity index (χ2n) is 11.7. The highest BCUT2D eigenvalue weighted by molar-refractivity contribution is 5.90. The summed E-state index contributed by atoms with van der Waals surface area (Å²) in [6, 6.07) is 24.6. The molecule has 10 nitrogen and oxygen atoms in total. The van der Waals surface area contributed by atoms with Crippen molar-refractivity contribution in [2.45, 2.75) is 82.7 Å². The molecule has 0 spiro atoms. The number of aliphatic hydroxyl groups excluding tert-OH is 2. The largest absolute Gasteiger partial charge is 0.392 e. The minimum atomic E-state index is -0.649. The van der Waals surface area contributed by atoms with E-state index in [0.717, 1.165) is 22.3 Å². The number of ether oxygens (including phenoxy) is 2. The van der Waals surface area contributed by atoms with Crippen molar-refractivity contribution in [3.63, 3.8) is 0 Å². The van der Waals surface area contributed by atoms with Gasteiger partial charge >= 0.3 is 0 Å². The molecule has 0 radical (unpaired) electrons. The van der Waals surface area contributed by atoms with Crippen LogP contribution in [0.2, 0.25) is 0 Å². The van der Waals surface area contributed by atoms with Gasteiger partial charge in [0.05, 0.1) is 24.9 Å². The molecule has 5 N–H and O–H groups in total. The lowest BCUT2D eigenvalue weighted by atomic mass is 9.98. The third-order valence-electron chi connectivity index (χ3n) is 8.30. The molecule has 0 saturated carbocycles. The van der Waals surface area contributed by atoms with E-state index in [0.29, 0.717) is 44.3 Å². The van der Waals surface area contributed by atoms with Crippen LogP contribution in [0.25, 0.3) is 0 Å². The Morgan fingerprint density at radius 2 is 1.53 bits per heavy atom. The zero-order valence-corrected chi connectivity index (χ0v) is 26.0. The monoisotopic (exact) mass is 619 g/mol. The summed E-state index contributed by atoms with van der Waals surface area (Å²) < 4.78 is 12.9. The maximum Gasteiger partial charge on any atom is 0.243 e. The molecule has 0 bridgehead atoms. The lowest BCUT2D eigenvalue weighted by Crippen LogP contribution is -2.43. The highest BCUT2D eigenvalue weighted by atomic mass is 16.7. The first-order valence-corrected chi connectivity index (χ1v) is 15.5. The summed E-state index contributed by atoms with van der Waals surface area (Å²) >= 11 is 0. The van der Waals surface area contributed by atoms with Gasteiger partial charge in [0.25, 0.3) is 0 Å². The molecule has 1 aliphatic rings. The van der Waals surface area contributed by atoms with E-state index in [1.807, 2.05) is 92.8 Å². The van der Waals surface area contributed by atoms with Gasteiger partial charge in [-0.25, -0.2) is 5.48 Å². The van der Waals surface area contributed by atoms with Crippen molar-refractivity contribution >= 4 is 17.5 Å². The molecule has 0 unspecified atom stereocenters. The van der Waals surface area contributed by atoms with Crippen LogP contribution in [-0.4, -0.2) is 57.9 Å². The van der Waals surface area contributed by atoms with Gasteiger partial charge in [0.15, 0.2) is 6.29 Å². The Morgan fingerprint density at radius 3 is 2.18 bits per heavy atom. The van der Waals surface area contributed by atoms with Gasteiger partial charge < -0.3 is 25.0 Å². The summed E-state index contributed by atoms with van der Waals surface area (Å²) in [5.74, 6) is -0.535. The molecule has 4 rings (SSSR count). The Balaban J connectivity index is 1.40. The fourth-order valence-electron chi connectivity index (χ4n) is 5.44. The molecule has 1 aliphatic heterocycles. The van der Waals surface area contributed by atoms with Crippen LogP contribution in [0.3, 0.4) is 0 Å². The molecule has 0 aromatic heterocycles. The lowest BCUT2D eigenvalue weighted by Gasteiger charge is -2.39. The zero-order chi connectivity index (χ0) is 32.2. The Labute approximate surface area is 264 Å².